The van der Waals surface area contributed by atoms with E-state index < -0.39 is 5.66 Å². The highest BCUT2D eigenvalue weighted by molar-refractivity contribution is 6.17. The minimum absolute atomic E-state index is 0.541. The van der Waals surface area contributed by atoms with Crippen molar-refractivity contribution in [3.05, 3.63) is 78.6 Å². The fourth-order valence-electron chi connectivity index (χ4n) is 3.26. The lowest BCUT2D eigenvalue weighted by Gasteiger charge is -2.34. The Labute approximate surface area is 163 Å². The van der Waals surface area contributed by atoms with Crippen molar-refractivity contribution in [1.29, 1.82) is 0 Å². The zero-order valence-electron chi connectivity index (χ0n) is 15.3. The van der Waals surface area contributed by atoms with Gasteiger partial charge in [0.1, 0.15) is 11.4 Å². The molecule has 0 fully saturated rings. The third kappa shape index (κ3) is 3.28. The number of aryl methyl sites for hydroxylation is 2. The van der Waals surface area contributed by atoms with E-state index in [4.69, 9.17) is 11.6 Å². The summed E-state index contributed by atoms with van der Waals surface area (Å²) < 4.78 is 4.03. The van der Waals surface area contributed by atoms with E-state index in [1.807, 2.05) is 78.4 Å². The fraction of sp³-hybridized carbons (Fsp3) is 0.250. The summed E-state index contributed by atoms with van der Waals surface area (Å²) in [5.74, 6) is 0.541. The van der Waals surface area contributed by atoms with Crippen molar-refractivity contribution >= 4 is 11.6 Å². The second-order valence-electron chi connectivity index (χ2n) is 6.62. The lowest BCUT2D eigenvalue weighted by molar-refractivity contribution is 0.372. The molecule has 0 saturated carbocycles. The molecule has 138 valence electrons. The predicted molar refractivity (Wildman–Crippen MR) is 106 cm³/mol. The lowest BCUT2D eigenvalue weighted by atomic mass is 10.0. The number of alkyl halides is 1. The molecule has 0 spiro atoms. The maximum absolute atomic E-state index is 5.88. The molecule has 0 amide bonds. The number of imidazole rings is 2. The number of halogens is 1. The molecule has 6 nitrogen and oxygen atoms in total. The molecule has 1 aliphatic rings. The van der Waals surface area contributed by atoms with Gasteiger partial charge in [0.15, 0.2) is 5.66 Å². The molecule has 0 saturated heterocycles. The zero-order chi connectivity index (χ0) is 18.9. The Kier molecular flexibility index (Phi) is 4.58. The number of nitrogens with zero attached hydrogens (tertiary/aromatic N) is 5. The highest BCUT2D eigenvalue weighted by Crippen LogP contribution is 2.29. The summed E-state index contributed by atoms with van der Waals surface area (Å²) in [6, 6.07) is 5.94. The maximum atomic E-state index is 5.88. The van der Waals surface area contributed by atoms with Crippen molar-refractivity contribution in [2.24, 2.45) is 0 Å². The van der Waals surface area contributed by atoms with Gasteiger partial charge in [0.25, 0.3) is 0 Å². The van der Waals surface area contributed by atoms with Crippen LogP contribution in [0.2, 0.25) is 0 Å². The Morgan fingerprint density at radius 3 is 2.78 bits per heavy atom. The van der Waals surface area contributed by atoms with Crippen LogP contribution in [0.5, 0.6) is 0 Å². The van der Waals surface area contributed by atoms with Gasteiger partial charge < -0.3 is 14.5 Å². The number of pyridine rings is 1. The smallest absolute Gasteiger partial charge is 0.180 e. The molecule has 1 aliphatic heterocycles. The van der Waals surface area contributed by atoms with E-state index in [0.29, 0.717) is 12.4 Å². The summed E-state index contributed by atoms with van der Waals surface area (Å²) in [6.07, 6.45) is 13.8. The monoisotopic (exact) mass is 380 g/mol. The second-order valence-corrected chi connectivity index (χ2v) is 6.99. The van der Waals surface area contributed by atoms with Crippen LogP contribution in [0.3, 0.4) is 0 Å². The minimum Gasteiger partial charge on any atom is -0.358 e. The first-order chi connectivity index (χ1) is 13.1. The van der Waals surface area contributed by atoms with E-state index >= 15 is 0 Å². The van der Waals surface area contributed by atoms with Crippen LogP contribution in [-0.4, -0.2) is 30.0 Å². The molecule has 0 aromatic carbocycles. The van der Waals surface area contributed by atoms with Gasteiger partial charge in [-0.15, -0.1) is 11.6 Å². The van der Waals surface area contributed by atoms with Gasteiger partial charge >= 0.3 is 0 Å². The number of allylic oxidation sites excluding steroid dienone is 3. The quantitative estimate of drug-likeness (QED) is 0.689. The summed E-state index contributed by atoms with van der Waals surface area (Å²) in [4.78, 5) is 13.8. The van der Waals surface area contributed by atoms with Gasteiger partial charge in [0.05, 0.1) is 18.3 Å². The van der Waals surface area contributed by atoms with Gasteiger partial charge in [-0.05, 0) is 38.1 Å². The van der Waals surface area contributed by atoms with E-state index in [1.165, 1.54) is 0 Å². The minimum atomic E-state index is -0.647. The normalized spacial score (nSPS) is 19.0. The van der Waals surface area contributed by atoms with E-state index in [9.17, 15) is 0 Å². The van der Waals surface area contributed by atoms with Crippen molar-refractivity contribution in [2.45, 2.75) is 26.1 Å². The van der Waals surface area contributed by atoms with Crippen molar-refractivity contribution in [3.63, 3.8) is 0 Å². The van der Waals surface area contributed by atoms with Crippen LogP contribution in [0.25, 0.3) is 11.4 Å². The van der Waals surface area contributed by atoms with Gasteiger partial charge in [-0.3, -0.25) is 4.98 Å². The standard InChI is InChI=1S/C20H21ClN6/c1-15-5-3-7-17(24-15)18-11-27(14-22-18)20(8-4-6-16(2)25-20)19-12-26(10-9-21)13-23-19/h3-8,11-14,25H,9-10H2,1-2H3. The molecule has 1 atom stereocenters. The highest BCUT2D eigenvalue weighted by Gasteiger charge is 2.35. The molecule has 4 heterocycles. The van der Waals surface area contributed by atoms with E-state index in [-0.39, 0.29) is 0 Å². The third-order valence-electron chi connectivity index (χ3n) is 4.58. The van der Waals surface area contributed by atoms with Crippen molar-refractivity contribution in [3.8, 4) is 11.4 Å². The Hall–Kier alpha value is -2.86. The lowest BCUT2D eigenvalue weighted by Crippen LogP contribution is -2.47. The summed E-state index contributed by atoms with van der Waals surface area (Å²) in [5.41, 5.74) is 3.91. The fourth-order valence-corrected chi connectivity index (χ4v) is 3.45. The van der Waals surface area contributed by atoms with Crippen LogP contribution in [0.4, 0.5) is 0 Å². The van der Waals surface area contributed by atoms with E-state index in [0.717, 1.165) is 28.5 Å². The largest absolute Gasteiger partial charge is 0.358 e. The second kappa shape index (κ2) is 7.04. The SMILES string of the molecule is CC1=CC=CC(c2cn(CCCl)cn2)(n2cnc(-c3cccc(C)n3)c2)N1. The molecular weight excluding hydrogens is 360 g/mol. The maximum Gasteiger partial charge on any atom is 0.180 e. The molecule has 0 bridgehead atoms. The van der Waals surface area contributed by atoms with Crippen molar-refractivity contribution in [2.75, 3.05) is 5.88 Å². The topological polar surface area (TPSA) is 60.6 Å². The number of hydrogen-bond donors (Lipinski definition) is 1. The Morgan fingerprint density at radius 1 is 1.11 bits per heavy atom. The first-order valence-electron chi connectivity index (χ1n) is 8.82. The molecule has 3 aromatic rings. The Bertz CT molecular complexity index is 1010. The van der Waals surface area contributed by atoms with Crippen LogP contribution < -0.4 is 5.32 Å². The molecule has 4 rings (SSSR count). The number of hydrogen-bond acceptors (Lipinski definition) is 4. The number of aromatic nitrogens is 5. The van der Waals surface area contributed by atoms with Gasteiger partial charge in [0.2, 0.25) is 0 Å². The van der Waals surface area contributed by atoms with E-state index in [1.54, 1.807) is 0 Å². The van der Waals surface area contributed by atoms with Crippen LogP contribution >= 0.6 is 11.6 Å². The van der Waals surface area contributed by atoms with Crippen molar-refractivity contribution < 1.29 is 0 Å². The Morgan fingerprint density at radius 2 is 2.00 bits per heavy atom. The average Bonchev–Trinajstić information content (AvgIpc) is 3.32. The molecule has 1 unspecified atom stereocenters. The number of nitrogens with one attached hydrogen (secondary N) is 1. The molecule has 7 heteroatoms. The van der Waals surface area contributed by atoms with Crippen LogP contribution in [0, 0.1) is 6.92 Å². The van der Waals surface area contributed by atoms with Crippen LogP contribution in [-0.2, 0) is 12.2 Å². The van der Waals surface area contributed by atoms with Crippen molar-refractivity contribution in [1.82, 2.24) is 29.4 Å². The molecule has 27 heavy (non-hydrogen) atoms. The average molecular weight is 381 g/mol. The number of dihydropyridines is 1. The van der Waals surface area contributed by atoms with Crippen LogP contribution in [0.1, 0.15) is 18.3 Å². The zero-order valence-corrected chi connectivity index (χ0v) is 16.1. The molecule has 0 radical (unpaired) electrons. The Balaban J connectivity index is 1.78. The summed E-state index contributed by atoms with van der Waals surface area (Å²) >= 11 is 5.88. The first kappa shape index (κ1) is 17.5. The van der Waals surface area contributed by atoms with Gasteiger partial charge in [0, 0.05) is 36.2 Å². The molecule has 3 aromatic heterocycles. The predicted octanol–water partition coefficient (Wildman–Crippen LogP) is 3.45. The van der Waals surface area contributed by atoms with Crippen LogP contribution in [0.15, 0.2) is 67.2 Å². The number of rotatable bonds is 5. The first-order valence-corrected chi connectivity index (χ1v) is 9.35. The molecule has 0 aliphatic carbocycles. The van der Waals surface area contributed by atoms with E-state index in [2.05, 4.69) is 26.3 Å². The highest BCUT2D eigenvalue weighted by atomic mass is 35.5. The third-order valence-corrected chi connectivity index (χ3v) is 4.75. The summed E-state index contributed by atoms with van der Waals surface area (Å²) in [5, 5.41) is 3.56. The molecular formula is C20H21ClN6. The van der Waals surface area contributed by atoms with Gasteiger partial charge in [-0.25, -0.2) is 9.97 Å². The van der Waals surface area contributed by atoms with Gasteiger partial charge in [-0.2, -0.15) is 0 Å². The van der Waals surface area contributed by atoms with Gasteiger partial charge in [-0.1, -0.05) is 12.1 Å². The summed E-state index contributed by atoms with van der Waals surface area (Å²) in [6.45, 7) is 4.73. The molecule has 1 N–H and O–H groups in total. The summed E-state index contributed by atoms with van der Waals surface area (Å²) in [7, 11) is 0.